The molecule has 0 aromatic heterocycles. The zero-order valence-corrected chi connectivity index (χ0v) is 10.1. The van der Waals surface area contributed by atoms with Crippen LogP contribution in [0.25, 0.3) is 0 Å². The van der Waals surface area contributed by atoms with E-state index in [1.54, 1.807) is 0 Å². The Labute approximate surface area is 110 Å². The standard InChI is InChI=1S/C12H11F6NO/c13-11(14,15)7-1-2-9(8(19)5-7)20-6-10(3-4-10)12(16,17)18/h1-2,5H,3-4,6,19H2. The maximum Gasteiger partial charge on any atom is 0.416 e. The number of hydrogen-bond acceptors (Lipinski definition) is 2. The minimum Gasteiger partial charge on any atom is -0.490 e. The van der Waals surface area contributed by atoms with Crippen molar-refractivity contribution in [3.8, 4) is 5.75 Å². The van der Waals surface area contributed by atoms with Crippen molar-refractivity contribution in [2.24, 2.45) is 5.41 Å². The van der Waals surface area contributed by atoms with Crippen LogP contribution in [0.4, 0.5) is 32.0 Å². The largest absolute Gasteiger partial charge is 0.490 e. The fourth-order valence-electron chi connectivity index (χ4n) is 1.73. The molecule has 0 heterocycles. The van der Waals surface area contributed by atoms with Gasteiger partial charge in [-0.05, 0) is 31.0 Å². The highest BCUT2D eigenvalue weighted by Crippen LogP contribution is 2.57. The second-order valence-electron chi connectivity index (χ2n) is 4.82. The summed E-state index contributed by atoms with van der Waals surface area (Å²) in [5.41, 5.74) is 2.18. The molecule has 0 saturated heterocycles. The molecule has 2 N–H and O–H groups in total. The van der Waals surface area contributed by atoms with Crippen LogP contribution in [0.2, 0.25) is 0 Å². The third-order valence-electron chi connectivity index (χ3n) is 3.30. The molecule has 1 aliphatic rings. The minimum absolute atomic E-state index is 0.0446. The molecule has 1 aromatic carbocycles. The van der Waals surface area contributed by atoms with E-state index in [-0.39, 0.29) is 24.3 Å². The van der Waals surface area contributed by atoms with Gasteiger partial charge in [0.05, 0.1) is 11.3 Å². The van der Waals surface area contributed by atoms with Crippen molar-refractivity contribution in [3.63, 3.8) is 0 Å². The molecule has 0 radical (unpaired) electrons. The first kappa shape index (κ1) is 14.8. The van der Waals surface area contributed by atoms with E-state index in [1.807, 2.05) is 0 Å². The van der Waals surface area contributed by atoms with Gasteiger partial charge in [0.2, 0.25) is 0 Å². The van der Waals surface area contributed by atoms with Gasteiger partial charge < -0.3 is 10.5 Å². The van der Waals surface area contributed by atoms with Gasteiger partial charge >= 0.3 is 12.4 Å². The summed E-state index contributed by atoms with van der Waals surface area (Å²) in [6.07, 6.45) is -9.03. The van der Waals surface area contributed by atoms with Crippen LogP contribution in [0.1, 0.15) is 18.4 Å². The molecular formula is C12H11F6NO. The predicted molar refractivity (Wildman–Crippen MR) is 59.1 cm³/mol. The molecule has 0 amide bonds. The summed E-state index contributed by atoms with van der Waals surface area (Å²) < 4.78 is 80.1. The number of anilines is 1. The van der Waals surface area contributed by atoms with Crippen molar-refractivity contribution in [1.29, 1.82) is 0 Å². The lowest BCUT2D eigenvalue weighted by Crippen LogP contribution is -2.30. The maximum absolute atomic E-state index is 12.7. The molecule has 20 heavy (non-hydrogen) atoms. The molecule has 0 unspecified atom stereocenters. The first-order chi connectivity index (χ1) is 9.05. The van der Waals surface area contributed by atoms with Crippen molar-refractivity contribution in [2.75, 3.05) is 12.3 Å². The van der Waals surface area contributed by atoms with Gasteiger partial charge in [-0.15, -0.1) is 0 Å². The second-order valence-corrected chi connectivity index (χ2v) is 4.82. The van der Waals surface area contributed by atoms with Crippen molar-refractivity contribution < 1.29 is 31.1 Å². The number of hydrogen-bond donors (Lipinski definition) is 1. The first-order valence-corrected chi connectivity index (χ1v) is 5.71. The van der Waals surface area contributed by atoms with Crippen LogP contribution >= 0.6 is 0 Å². The lowest BCUT2D eigenvalue weighted by atomic mass is 10.1. The number of alkyl halides is 6. The molecule has 0 bridgehead atoms. The summed E-state index contributed by atoms with van der Waals surface area (Å²) in [6, 6.07) is 2.30. The van der Waals surface area contributed by atoms with E-state index in [2.05, 4.69) is 0 Å². The Bertz CT molecular complexity index is 504. The van der Waals surface area contributed by atoms with Crippen molar-refractivity contribution in [2.45, 2.75) is 25.2 Å². The van der Waals surface area contributed by atoms with E-state index < -0.39 is 29.9 Å². The van der Waals surface area contributed by atoms with Gasteiger partial charge in [0.15, 0.2) is 0 Å². The monoisotopic (exact) mass is 299 g/mol. The average molecular weight is 299 g/mol. The van der Waals surface area contributed by atoms with Gasteiger partial charge in [-0.25, -0.2) is 0 Å². The Kier molecular flexibility index (Phi) is 3.30. The Balaban J connectivity index is 2.08. The normalized spacial score (nSPS) is 17.9. The molecule has 112 valence electrons. The summed E-state index contributed by atoms with van der Waals surface area (Å²) in [4.78, 5) is 0. The SMILES string of the molecule is Nc1cc(C(F)(F)F)ccc1OCC1(C(F)(F)F)CC1. The zero-order chi connectivity index (χ0) is 15.2. The van der Waals surface area contributed by atoms with Crippen LogP contribution in [0.5, 0.6) is 5.75 Å². The van der Waals surface area contributed by atoms with Crippen LogP contribution in [0, 0.1) is 5.41 Å². The van der Waals surface area contributed by atoms with Crippen LogP contribution in [0.3, 0.4) is 0 Å². The van der Waals surface area contributed by atoms with E-state index in [0.717, 1.165) is 12.1 Å². The summed E-state index contributed by atoms with van der Waals surface area (Å²) in [5.74, 6) is -0.173. The molecule has 1 fully saturated rings. The molecule has 1 aliphatic carbocycles. The van der Waals surface area contributed by atoms with Gasteiger partial charge in [0.25, 0.3) is 0 Å². The minimum atomic E-state index is -4.56. The Morgan fingerprint density at radius 3 is 2.10 bits per heavy atom. The predicted octanol–water partition coefficient (Wildman–Crippen LogP) is 4.01. The number of benzene rings is 1. The lowest BCUT2D eigenvalue weighted by Gasteiger charge is -2.20. The van der Waals surface area contributed by atoms with Gasteiger partial charge in [-0.1, -0.05) is 0 Å². The Morgan fingerprint density at radius 1 is 1.10 bits per heavy atom. The van der Waals surface area contributed by atoms with E-state index in [9.17, 15) is 26.3 Å². The molecular weight excluding hydrogens is 288 g/mol. The highest BCUT2D eigenvalue weighted by atomic mass is 19.4. The van der Waals surface area contributed by atoms with Crippen molar-refractivity contribution in [3.05, 3.63) is 23.8 Å². The highest BCUT2D eigenvalue weighted by molar-refractivity contribution is 5.54. The average Bonchev–Trinajstić information content (AvgIpc) is 3.06. The molecule has 0 atom stereocenters. The molecule has 2 rings (SSSR count). The summed E-state index contributed by atoms with van der Waals surface area (Å²) in [5, 5.41) is 0. The van der Waals surface area contributed by atoms with Crippen LogP contribution in [-0.2, 0) is 6.18 Å². The number of halogens is 6. The Hall–Kier alpha value is -1.60. The number of rotatable bonds is 3. The quantitative estimate of drug-likeness (QED) is 0.676. The van der Waals surface area contributed by atoms with Gasteiger partial charge in [0, 0.05) is 0 Å². The topological polar surface area (TPSA) is 35.2 Å². The maximum atomic E-state index is 12.7. The van der Waals surface area contributed by atoms with E-state index in [4.69, 9.17) is 10.5 Å². The van der Waals surface area contributed by atoms with Gasteiger partial charge in [-0.2, -0.15) is 26.3 Å². The molecule has 0 spiro atoms. The highest BCUT2D eigenvalue weighted by Gasteiger charge is 2.63. The third-order valence-corrected chi connectivity index (χ3v) is 3.30. The molecule has 1 aromatic rings. The van der Waals surface area contributed by atoms with E-state index >= 15 is 0 Å². The smallest absolute Gasteiger partial charge is 0.416 e. The zero-order valence-electron chi connectivity index (χ0n) is 10.1. The molecule has 1 saturated carbocycles. The van der Waals surface area contributed by atoms with E-state index in [1.165, 1.54) is 0 Å². The first-order valence-electron chi connectivity index (χ1n) is 5.71. The van der Waals surface area contributed by atoms with Gasteiger partial charge in [-0.3, -0.25) is 0 Å². The number of ether oxygens (including phenoxy) is 1. The summed E-state index contributed by atoms with van der Waals surface area (Å²) in [7, 11) is 0. The fourth-order valence-corrected chi connectivity index (χ4v) is 1.73. The molecule has 8 heteroatoms. The molecule has 0 aliphatic heterocycles. The van der Waals surface area contributed by atoms with Crippen LogP contribution in [0.15, 0.2) is 18.2 Å². The van der Waals surface area contributed by atoms with Crippen molar-refractivity contribution >= 4 is 5.69 Å². The number of nitrogen functional groups attached to an aromatic ring is 1. The van der Waals surface area contributed by atoms with Gasteiger partial charge in [0.1, 0.15) is 17.8 Å². The van der Waals surface area contributed by atoms with Crippen LogP contribution < -0.4 is 10.5 Å². The Morgan fingerprint density at radius 2 is 1.70 bits per heavy atom. The third kappa shape index (κ3) is 2.78. The number of nitrogens with two attached hydrogens (primary N) is 1. The van der Waals surface area contributed by atoms with E-state index in [0.29, 0.717) is 6.07 Å². The fraction of sp³-hybridized carbons (Fsp3) is 0.500. The summed E-state index contributed by atoms with van der Waals surface area (Å²) >= 11 is 0. The molecule has 2 nitrogen and oxygen atoms in total. The second kappa shape index (κ2) is 4.46. The van der Waals surface area contributed by atoms with Crippen molar-refractivity contribution in [1.82, 2.24) is 0 Å². The summed E-state index contributed by atoms with van der Waals surface area (Å²) in [6.45, 7) is -0.633. The van der Waals surface area contributed by atoms with Crippen LogP contribution in [-0.4, -0.2) is 12.8 Å². The lowest BCUT2D eigenvalue weighted by molar-refractivity contribution is -0.194.